The molecule has 5 heteroatoms. The van der Waals surface area contributed by atoms with Gasteiger partial charge in [-0.1, -0.05) is 138 Å². The van der Waals surface area contributed by atoms with Crippen molar-refractivity contribution >= 4 is 99.7 Å². The molecule has 9 aromatic rings. The van der Waals surface area contributed by atoms with E-state index in [1.807, 2.05) is 11.3 Å². The molecule has 7 aromatic carbocycles. The summed E-state index contributed by atoms with van der Waals surface area (Å²) in [6.07, 6.45) is 7.01. The zero-order chi connectivity index (χ0) is 50.0. The van der Waals surface area contributed by atoms with E-state index in [0.29, 0.717) is 0 Å². The van der Waals surface area contributed by atoms with Crippen LogP contribution in [0.1, 0.15) is 161 Å². The Balaban J connectivity index is 1.20. The van der Waals surface area contributed by atoms with Gasteiger partial charge in [-0.2, -0.15) is 0 Å². The monoisotopic (exact) mass is 961 g/mol. The zero-order valence-corrected chi connectivity index (χ0v) is 45.7. The standard InChI is InChI=1S/C67H69BN2OS/c1-38-32-46-49(66(10,11)30-28-63(46,4)5)36-52(38)69-59-51(24-25-56-57(59)41-19-15-17-21-55(41)72-56)68-58-43(34-44-40-18-14-16-20-54(40)71-61(44)60(58)69)42-35-48-50(67(12,13)31-29-65(48,8)9)37-53(42)70(68)39-22-23-45-47(33-39)64(6,7)27-26-62(45,2)3/h14-25,32-37H,26-31H2,1-13H3. The first-order valence-electron chi connectivity index (χ1n) is 27.1. The summed E-state index contributed by atoms with van der Waals surface area (Å²) in [7, 11) is 0. The summed E-state index contributed by atoms with van der Waals surface area (Å²) in [6, 6.07) is 43.6. The largest absolute Gasteiger partial charge is 0.454 e. The fourth-order valence-corrected chi connectivity index (χ4v) is 15.9. The molecule has 362 valence electrons. The fraction of sp³-hybridized carbons (Fsp3) is 0.373. The maximum atomic E-state index is 7.44. The number of thiophene rings is 1. The maximum absolute atomic E-state index is 7.44. The van der Waals surface area contributed by atoms with Crippen LogP contribution in [0.2, 0.25) is 0 Å². The summed E-state index contributed by atoms with van der Waals surface area (Å²) in [5.41, 5.74) is 24.0. The number of furan rings is 1. The Hall–Kier alpha value is -5.78. The van der Waals surface area contributed by atoms with Gasteiger partial charge in [-0.3, -0.25) is 0 Å². The molecular weight excluding hydrogens is 892 g/mol. The summed E-state index contributed by atoms with van der Waals surface area (Å²) < 4.78 is 10.1. The molecule has 2 aromatic heterocycles. The first-order valence-corrected chi connectivity index (χ1v) is 27.9. The molecule has 5 aliphatic rings. The van der Waals surface area contributed by atoms with Gasteiger partial charge < -0.3 is 14.1 Å². The summed E-state index contributed by atoms with van der Waals surface area (Å²) in [5, 5.41) is 4.99. The molecule has 0 bridgehead atoms. The van der Waals surface area contributed by atoms with Gasteiger partial charge in [-0.15, -0.1) is 11.3 Å². The van der Waals surface area contributed by atoms with Gasteiger partial charge in [0.15, 0.2) is 5.58 Å². The predicted molar refractivity (Wildman–Crippen MR) is 311 cm³/mol. The van der Waals surface area contributed by atoms with Crippen LogP contribution in [0.15, 0.2) is 114 Å². The lowest BCUT2D eigenvalue weighted by atomic mass is 9.43. The average Bonchev–Trinajstić information content (AvgIpc) is 3.92. The zero-order valence-electron chi connectivity index (χ0n) is 44.9. The molecule has 0 radical (unpaired) electrons. The topological polar surface area (TPSA) is 19.6 Å². The van der Waals surface area contributed by atoms with Crippen LogP contribution in [0.5, 0.6) is 0 Å². The summed E-state index contributed by atoms with van der Waals surface area (Å²) in [6.45, 7) is 32.0. The van der Waals surface area contributed by atoms with E-state index in [1.165, 1.54) is 140 Å². The number of hydrogen-bond acceptors (Lipinski definition) is 4. The molecule has 4 heterocycles. The highest BCUT2D eigenvalue weighted by molar-refractivity contribution is 7.26. The van der Waals surface area contributed by atoms with Crippen LogP contribution in [0.3, 0.4) is 0 Å². The molecule has 0 amide bonds. The second-order valence-corrected chi connectivity index (χ2v) is 28.0. The molecule has 0 saturated carbocycles. The van der Waals surface area contributed by atoms with Crippen molar-refractivity contribution in [2.75, 3.05) is 9.71 Å². The molecule has 3 nitrogen and oxygen atoms in total. The van der Waals surface area contributed by atoms with Gasteiger partial charge in [0.25, 0.3) is 0 Å². The number of anilines is 5. The van der Waals surface area contributed by atoms with Crippen LogP contribution in [0.4, 0.5) is 28.4 Å². The quantitative estimate of drug-likeness (QED) is 0.161. The second kappa shape index (κ2) is 14.3. The Kier molecular flexibility index (Phi) is 8.91. The van der Waals surface area contributed by atoms with Crippen molar-refractivity contribution in [3.05, 3.63) is 148 Å². The van der Waals surface area contributed by atoms with E-state index in [0.717, 1.165) is 30.4 Å². The molecule has 0 fully saturated rings. The van der Waals surface area contributed by atoms with Crippen LogP contribution in [-0.4, -0.2) is 6.85 Å². The van der Waals surface area contributed by atoms with Crippen molar-refractivity contribution in [2.24, 2.45) is 0 Å². The molecule has 3 aliphatic carbocycles. The number of benzene rings is 7. The van der Waals surface area contributed by atoms with Crippen LogP contribution >= 0.6 is 11.3 Å². The van der Waals surface area contributed by atoms with Gasteiger partial charge in [0.2, 0.25) is 0 Å². The fourth-order valence-electron chi connectivity index (χ4n) is 14.8. The van der Waals surface area contributed by atoms with Crippen molar-refractivity contribution < 1.29 is 4.42 Å². The maximum Gasteiger partial charge on any atom is 0.333 e. The van der Waals surface area contributed by atoms with E-state index in [9.17, 15) is 0 Å². The van der Waals surface area contributed by atoms with Gasteiger partial charge in [0.05, 0.1) is 11.4 Å². The van der Waals surface area contributed by atoms with Crippen molar-refractivity contribution in [2.45, 2.75) is 161 Å². The van der Waals surface area contributed by atoms with Gasteiger partial charge in [0.1, 0.15) is 5.58 Å². The lowest BCUT2D eigenvalue weighted by Gasteiger charge is -2.49. The molecule has 0 N–H and O–H groups in total. The lowest BCUT2D eigenvalue weighted by Crippen LogP contribution is -2.62. The Morgan fingerprint density at radius 3 is 1.69 bits per heavy atom. The number of nitrogens with zero attached hydrogens (tertiary/aromatic N) is 2. The third kappa shape index (κ3) is 5.98. The van der Waals surface area contributed by atoms with Crippen molar-refractivity contribution in [3.63, 3.8) is 0 Å². The van der Waals surface area contributed by atoms with E-state index in [-0.39, 0.29) is 39.3 Å². The Labute approximate surface area is 431 Å². The van der Waals surface area contributed by atoms with Crippen molar-refractivity contribution in [1.82, 2.24) is 0 Å². The van der Waals surface area contributed by atoms with Crippen LogP contribution in [0.25, 0.3) is 53.2 Å². The lowest BCUT2D eigenvalue weighted by molar-refractivity contribution is 0.332. The molecule has 0 spiro atoms. The molecule has 2 aliphatic heterocycles. The predicted octanol–water partition coefficient (Wildman–Crippen LogP) is 18.0. The molecular formula is C67H69BN2OS. The molecule has 14 rings (SSSR count). The van der Waals surface area contributed by atoms with Gasteiger partial charge in [0, 0.05) is 53.6 Å². The molecule has 0 saturated heterocycles. The minimum absolute atomic E-state index is 0.0184. The average molecular weight is 961 g/mol. The minimum atomic E-state index is -0.154. The van der Waals surface area contributed by atoms with Gasteiger partial charge in [-0.25, -0.2) is 0 Å². The number of rotatable bonds is 2. The van der Waals surface area contributed by atoms with E-state index < -0.39 is 0 Å². The molecule has 0 unspecified atom stereocenters. The highest BCUT2D eigenvalue weighted by Crippen LogP contribution is 2.58. The van der Waals surface area contributed by atoms with E-state index in [1.54, 1.807) is 0 Å². The minimum Gasteiger partial charge on any atom is -0.454 e. The molecule has 0 atom stereocenters. The van der Waals surface area contributed by atoms with Crippen molar-refractivity contribution in [1.29, 1.82) is 0 Å². The Morgan fingerprint density at radius 1 is 0.472 bits per heavy atom. The second-order valence-electron chi connectivity index (χ2n) is 26.9. The summed E-state index contributed by atoms with van der Waals surface area (Å²) >= 11 is 1.92. The number of para-hydroxylation sites is 1. The van der Waals surface area contributed by atoms with Crippen LogP contribution in [-0.2, 0) is 32.5 Å². The van der Waals surface area contributed by atoms with E-state index in [4.69, 9.17) is 4.42 Å². The number of hydrogen-bond donors (Lipinski definition) is 0. The molecule has 72 heavy (non-hydrogen) atoms. The first-order chi connectivity index (χ1) is 34.1. The van der Waals surface area contributed by atoms with Crippen LogP contribution in [0, 0.1) is 6.92 Å². The summed E-state index contributed by atoms with van der Waals surface area (Å²) in [4.78, 5) is 5.55. The van der Waals surface area contributed by atoms with E-state index >= 15 is 0 Å². The summed E-state index contributed by atoms with van der Waals surface area (Å²) in [5.74, 6) is 0. The van der Waals surface area contributed by atoms with Gasteiger partial charge in [-0.05, 0) is 188 Å². The normalized spacial score (nSPS) is 20.3. The van der Waals surface area contributed by atoms with Crippen molar-refractivity contribution in [3.8, 4) is 11.1 Å². The highest BCUT2D eigenvalue weighted by atomic mass is 32.1. The third-order valence-corrected chi connectivity index (χ3v) is 20.7. The van der Waals surface area contributed by atoms with E-state index in [2.05, 4.69) is 209 Å². The Morgan fingerprint density at radius 2 is 1.03 bits per heavy atom. The van der Waals surface area contributed by atoms with Crippen LogP contribution < -0.4 is 20.6 Å². The first kappa shape index (κ1) is 44.9. The number of aryl methyl sites for hydroxylation is 1. The Bertz CT molecular complexity index is 3870. The SMILES string of the molecule is Cc1cc2c(cc1N1c3c4c(cc5c3oc3ccccc35)-c3cc5c(cc3N(c3ccc6c(c3)C(C)(C)CCC6(C)C)B4c3ccc4sc6ccccc6c4c31)C(C)(C)CCC5(C)C)C(C)(C)CCC2(C)C. The van der Waals surface area contributed by atoms with Gasteiger partial charge >= 0.3 is 6.85 Å². The highest BCUT2D eigenvalue weighted by Gasteiger charge is 2.50. The third-order valence-electron chi connectivity index (χ3n) is 19.5. The smallest absolute Gasteiger partial charge is 0.333 e. The number of fused-ring (bicyclic) bond motifs is 15.